The van der Waals surface area contributed by atoms with Gasteiger partial charge in [-0.15, -0.1) is 0 Å². The average molecular weight is 170 g/mol. The van der Waals surface area contributed by atoms with E-state index in [0.29, 0.717) is 5.60 Å². The van der Waals surface area contributed by atoms with Gasteiger partial charge in [-0.05, 0) is 13.3 Å². The third-order valence-corrected chi connectivity index (χ3v) is 2.70. The maximum absolute atomic E-state index is 5.32. The molecule has 1 aliphatic rings. The molecule has 0 spiro atoms. The first-order valence-corrected chi connectivity index (χ1v) is 5.41. The fourth-order valence-electron chi connectivity index (χ4n) is 1.55. The van der Waals surface area contributed by atoms with E-state index in [2.05, 4.69) is 13.8 Å². The van der Waals surface area contributed by atoms with Crippen molar-refractivity contribution in [2.75, 3.05) is 6.61 Å². The second-order valence-electron chi connectivity index (χ2n) is 4.26. The molecule has 72 valence electrons. The van der Waals surface area contributed by atoms with Crippen LogP contribution in [0, 0.1) is 0 Å². The molecule has 1 heterocycles. The highest BCUT2D eigenvalue weighted by atomic mass is 16.6. The van der Waals surface area contributed by atoms with Crippen LogP contribution in [0.1, 0.15) is 58.8 Å². The predicted molar refractivity (Wildman–Crippen MR) is 52.4 cm³/mol. The minimum Gasteiger partial charge on any atom is -0.370 e. The Morgan fingerprint density at radius 3 is 2.25 bits per heavy atom. The summed E-state index contributed by atoms with van der Waals surface area (Å²) in [7, 11) is 0. The summed E-state index contributed by atoms with van der Waals surface area (Å²) in [4.78, 5) is 0. The average Bonchev–Trinajstić information content (AvgIpc) is 2.77. The summed E-state index contributed by atoms with van der Waals surface area (Å²) in [6.07, 6.45) is 9.64. The fraction of sp³-hybridized carbons (Fsp3) is 1.00. The Morgan fingerprint density at radius 2 is 1.67 bits per heavy atom. The van der Waals surface area contributed by atoms with Gasteiger partial charge in [0.05, 0.1) is 12.2 Å². The fourth-order valence-corrected chi connectivity index (χ4v) is 1.55. The molecule has 0 aromatic heterocycles. The minimum absolute atomic E-state index is 0.296. The summed E-state index contributed by atoms with van der Waals surface area (Å²) in [5, 5.41) is 0. The van der Waals surface area contributed by atoms with Crippen molar-refractivity contribution in [2.24, 2.45) is 0 Å². The van der Waals surface area contributed by atoms with E-state index in [4.69, 9.17) is 4.74 Å². The summed E-state index contributed by atoms with van der Waals surface area (Å²) in [6.45, 7) is 5.49. The van der Waals surface area contributed by atoms with Gasteiger partial charge >= 0.3 is 0 Å². The van der Waals surface area contributed by atoms with Crippen molar-refractivity contribution in [1.82, 2.24) is 0 Å². The Balaban J connectivity index is 1.77. The molecular weight excluding hydrogens is 148 g/mol. The van der Waals surface area contributed by atoms with Crippen LogP contribution in [0.3, 0.4) is 0 Å². The van der Waals surface area contributed by atoms with Crippen LogP contribution in [0.15, 0.2) is 0 Å². The van der Waals surface area contributed by atoms with Crippen molar-refractivity contribution in [3.8, 4) is 0 Å². The van der Waals surface area contributed by atoms with Crippen LogP contribution in [0.4, 0.5) is 0 Å². The molecule has 1 saturated heterocycles. The second-order valence-corrected chi connectivity index (χ2v) is 4.26. The molecule has 12 heavy (non-hydrogen) atoms. The topological polar surface area (TPSA) is 12.5 Å². The highest BCUT2D eigenvalue weighted by Gasteiger charge is 2.37. The third kappa shape index (κ3) is 4.10. The van der Waals surface area contributed by atoms with Crippen molar-refractivity contribution in [3.05, 3.63) is 0 Å². The molecular formula is C11H22O. The van der Waals surface area contributed by atoms with Crippen molar-refractivity contribution < 1.29 is 4.74 Å². The monoisotopic (exact) mass is 170 g/mol. The zero-order valence-corrected chi connectivity index (χ0v) is 8.57. The first kappa shape index (κ1) is 10.0. The van der Waals surface area contributed by atoms with Gasteiger partial charge < -0.3 is 4.74 Å². The molecule has 0 bridgehead atoms. The van der Waals surface area contributed by atoms with Gasteiger partial charge in [-0.1, -0.05) is 45.4 Å². The highest BCUT2D eigenvalue weighted by molar-refractivity contribution is 4.86. The third-order valence-electron chi connectivity index (χ3n) is 2.70. The molecule has 0 aromatic rings. The quantitative estimate of drug-likeness (QED) is 0.420. The Hall–Kier alpha value is -0.0400. The van der Waals surface area contributed by atoms with Gasteiger partial charge in [-0.3, -0.25) is 0 Å². The molecule has 1 aliphatic heterocycles. The molecule has 0 unspecified atom stereocenters. The van der Waals surface area contributed by atoms with E-state index < -0.39 is 0 Å². The lowest BCUT2D eigenvalue weighted by Gasteiger charge is -2.03. The van der Waals surface area contributed by atoms with E-state index in [0.717, 1.165) is 6.61 Å². The largest absolute Gasteiger partial charge is 0.370 e. The van der Waals surface area contributed by atoms with Crippen LogP contribution in [0.2, 0.25) is 0 Å². The van der Waals surface area contributed by atoms with Gasteiger partial charge in [0.15, 0.2) is 0 Å². The number of unbranched alkanes of at least 4 members (excludes halogenated alkanes) is 5. The van der Waals surface area contributed by atoms with E-state index in [-0.39, 0.29) is 0 Å². The molecule has 0 amide bonds. The zero-order chi connectivity index (χ0) is 8.86. The number of hydrogen-bond donors (Lipinski definition) is 0. The van der Waals surface area contributed by atoms with Crippen LogP contribution < -0.4 is 0 Å². The maximum Gasteiger partial charge on any atom is 0.0888 e. The van der Waals surface area contributed by atoms with Crippen LogP contribution in [-0.2, 0) is 4.74 Å². The first-order chi connectivity index (χ1) is 5.77. The summed E-state index contributed by atoms with van der Waals surface area (Å²) < 4.78 is 5.32. The van der Waals surface area contributed by atoms with E-state index >= 15 is 0 Å². The molecule has 1 heteroatoms. The van der Waals surface area contributed by atoms with Crippen molar-refractivity contribution in [3.63, 3.8) is 0 Å². The molecule has 0 saturated carbocycles. The van der Waals surface area contributed by atoms with Gasteiger partial charge in [0, 0.05) is 0 Å². The Kier molecular flexibility index (Phi) is 4.07. The standard InChI is InChI=1S/C11H22O/c1-3-4-5-6-7-8-9-11(2)10-12-11/h3-10H2,1-2H3/t11-/m0/s1. The van der Waals surface area contributed by atoms with E-state index in [1.54, 1.807) is 0 Å². The zero-order valence-electron chi connectivity index (χ0n) is 8.57. The van der Waals surface area contributed by atoms with E-state index in [1.807, 2.05) is 0 Å². The van der Waals surface area contributed by atoms with Gasteiger partial charge in [-0.2, -0.15) is 0 Å². The van der Waals surface area contributed by atoms with Gasteiger partial charge in [-0.25, -0.2) is 0 Å². The minimum atomic E-state index is 0.296. The molecule has 0 aromatic carbocycles. The molecule has 1 atom stereocenters. The Bertz CT molecular complexity index is 116. The maximum atomic E-state index is 5.32. The highest BCUT2D eigenvalue weighted by Crippen LogP contribution is 2.31. The SMILES string of the molecule is CCCCCCCC[C@@]1(C)CO1. The van der Waals surface area contributed by atoms with Gasteiger partial charge in [0.1, 0.15) is 0 Å². The van der Waals surface area contributed by atoms with E-state index in [1.165, 1.54) is 44.9 Å². The lowest BCUT2D eigenvalue weighted by molar-refractivity contribution is 0.301. The van der Waals surface area contributed by atoms with Gasteiger partial charge in [0.2, 0.25) is 0 Å². The Labute approximate surface area is 76.5 Å². The summed E-state index contributed by atoms with van der Waals surface area (Å²) in [5.41, 5.74) is 0.296. The predicted octanol–water partition coefficient (Wildman–Crippen LogP) is 3.53. The van der Waals surface area contributed by atoms with Crippen molar-refractivity contribution in [1.29, 1.82) is 0 Å². The van der Waals surface area contributed by atoms with Crippen molar-refractivity contribution >= 4 is 0 Å². The molecule has 1 rings (SSSR count). The van der Waals surface area contributed by atoms with Crippen LogP contribution in [0.25, 0.3) is 0 Å². The first-order valence-electron chi connectivity index (χ1n) is 5.41. The van der Waals surface area contributed by atoms with Crippen LogP contribution in [-0.4, -0.2) is 12.2 Å². The molecule has 1 fully saturated rings. The number of rotatable bonds is 7. The molecule has 0 N–H and O–H groups in total. The summed E-state index contributed by atoms with van der Waals surface area (Å²) in [5.74, 6) is 0. The summed E-state index contributed by atoms with van der Waals surface area (Å²) >= 11 is 0. The number of epoxide rings is 1. The van der Waals surface area contributed by atoms with E-state index in [9.17, 15) is 0 Å². The summed E-state index contributed by atoms with van der Waals surface area (Å²) in [6, 6.07) is 0. The lowest BCUT2D eigenvalue weighted by Crippen LogP contribution is -2.02. The normalized spacial score (nSPS) is 27.5. The lowest BCUT2D eigenvalue weighted by atomic mass is 10.0. The number of hydrogen-bond acceptors (Lipinski definition) is 1. The van der Waals surface area contributed by atoms with Crippen molar-refractivity contribution in [2.45, 2.75) is 64.4 Å². The van der Waals surface area contributed by atoms with Crippen LogP contribution in [0.5, 0.6) is 0 Å². The number of ether oxygens (including phenoxy) is 1. The molecule has 0 aliphatic carbocycles. The smallest absolute Gasteiger partial charge is 0.0888 e. The second kappa shape index (κ2) is 4.86. The van der Waals surface area contributed by atoms with Crippen LogP contribution >= 0.6 is 0 Å². The Morgan fingerprint density at radius 1 is 1.08 bits per heavy atom. The molecule has 1 nitrogen and oxygen atoms in total. The molecule has 0 radical (unpaired) electrons. The van der Waals surface area contributed by atoms with Gasteiger partial charge in [0.25, 0.3) is 0 Å².